The van der Waals surface area contributed by atoms with Gasteiger partial charge in [-0.25, -0.2) is 0 Å². The van der Waals surface area contributed by atoms with Crippen LogP contribution >= 0.6 is 23.2 Å². The Hall–Kier alpha value is -0.770. The largest absolute Gasteiger partial charge is 0.389 e. The predicted molar refractivity (Wildman–Crippen MR) is 83.3 cm³/mol. The molecule has 0 saturated heterocycles. The summed E-state index contributed by atoms with van der Waals surface area (Å²) in [6.45, 7) is 7.44. The summed E-state index contributed by atoms with van der Waals surface area (Å²) in [4.78, 5) is 12.3. The third kappa shape index (κ3) is 4.97. The molecule has 0 aliphatic rings. The van der Waals surface area contributed by atoms with Crippen molar-refractivity contribution in [2.45, 2.75) is 39.2 Å². The van der Waals surface area contributed by atoms with E-state index < -0.39 is 5.60 Å². The molecule has 1 atom stereocenters. The van der Waals surface area contributed by atoms with Crippen molar-refractivity contribution in [3.05, 3.63) is 33.8 Å². The van der Waals surface area contributed by atoms with Crippen molar-refractivity contribution in [2.24, 2.45) is 5.92 Å². The molecule has 1 unspecified atom stereocenters. The SMILES string of the molecule is CC(C)C(C(=O)NCC(C)(C)O)c1ccc(Cl)c(Cl)c1. The van der Waals surface area contributed by atoms with Gasteiger partial charge in [-0.2, -0.15) is 0 Å². The molecular weight excluding hydrogens is 297 g/mol. The normalized spacial score (nSPS) is 13.4. The molecular formula is C15H21Cl2NO2. The Morgan fingerprint density at radius 1 is 1.30 bits per heavy atom. The Kier molecular flexibility index (Phi) is 5.87. The van der Waals surface area contributed by atoms with Gasteiger partial charge in [0.25, 0.3) is 0 Å². The van der Waals surface area contributed by atoms with E-state index in [-0.39, 0.29) is 24.3 Å². The molecule has 2 N–H and O–H groups in total. The Morgan fingerprint density at radius 2 is 1.90 bits per heavy atom. The minimum Gasteiger partial charge on any atom is -0.389 e. The number of amides is 1. The Labute approximate surface area is 130 Å². The first-order valence-electron chi connectivity index (χ1n) is 6.57. The smallest absolute Gasteiger partial charge is 0.227 e. The van der Waals surface area contributed by atoms with Gasteiger partial charge in [-0.1, -0.05) is 43.1 Å². The lowest BCUT2D eigenvalue weighted by molar-refractivity contribution is -0.124. The van der Waals surface area contributed by atoms with Crippen LogP contribution in [0.25, 0.3) is 0 Å². The van der Waals surface area contributed by atoms with Gasteiger partial charge in [0, 0.05) is 6.54 Å². The van der Waals surface area contributed by atoms with Crippen LogP contribution in [-0.4, -0.2) is 23.2 Å². The van der Waals surface area contributed by atoms with Gasteiger partial charge in [0.15, 0.2) is 0 Å². The van der Waals surface area contributed by atoms with E-state index in [1.54, 1.807) is 26.0 Å². The molecule has 1 aromatic carbocycles. The lowest BCUT2D eigenvalue weighted by atomic mass is 9.87. The van der Waals surface area contributed by atoms with Gasteiger partial charge in [-0.05, 0) is 37.5 Å². The van der Waals surface area contributed by atoms with Crippen LogP contribution in [-0.2, 0) is 4.79 Å². The predicted octanol–water partition coefficient (Wildman–Crippen LogP) is 3.62. The molecule has 0 heterocycles. The molecule has 5 heteroatoms. The number of rotatable bonds is 5. The van der Waals surface area contributed by atoms with Crippen LogP contribution in [0, 0.1) is 5.92 Å². The summed E-state index contributed by atoms with van der Waals surface area (Å²) in [7, 11) is 0. The Balaban J connectivity index is 2.93. The van der Waals surface area contributed by atoms with Crippen LogP contribution in [0.5, 0.6) is 0 Å². The van der Waals surface area contributed by atoms with Gasteiger partial charge >= 0.3 is 0 Å². The molecule has 0 aliphatic heterocycles. The number of carbonyl (C=O) groups is 1. The van der Waals surface area contributed by atoms with Gasteiger partial charge in [-0.3, -0.25) is 4.79 Å². The highest BCUT2D eigenvalue weighted by Crippen LogP contribution is 2.30. The van der Waals surface area contributed by atoms with Gasteiger partial charge in [0.05, 0.1) is 21.6 Å². The molecule has 0 bridgehead atoms. The van der Waals surface area contributed by atoms with E-state index in [0.29, 0.717) is 10.0 Å². The van der Waals surface area contributed by atoms with E-state index in [9.17, 15) is 9.90 Å². The second-order valence-corrected chi connectivity index (χ2v) is 6.74. The van der Waals surface area contributed by atoms with Crippen LogP contribution < -0.4 is 5.32 Å². The summed E-state index contributed by atoms with van der Waals surface area (Å²) in [5, 5.41) is 13.4. The third-order valence-electron chi connectivity index (χ3n) is 2.95. The van der Waals surface area contributed by atoms with Crippen molar-refractivity contribution in [3.8, 4) is 0 Å². The fourth-order valence-electron chi connectivity index (χ4n) is 1.96. The van der Waals surface area contributed by atoms with Crippen LogP contribution in [0.4, 0.5) is 0 Å². The zero-order valence-electron chi connectivity index (χ0n) is 12.2. The number of aliphatic hydroxyl groups is 1. The van der Waals surface area contributed by atoms with Gasteiger partial charge in [-0.15, -0.1) is 0 Å². The van der Waals surface area contributed by atoms with Crippen LogP contribution in [0.2, 0.25) is 10.0 Å². The quantitative estimate of drug-likeness (QED) is 0.871. The topological polar surface area (TPSA) is 49.3 Å². The minimum atomic E-state index is -0.936. The lowest BCUT2D eigenvalue weighted by Crippen LogP contribution is -2.41. The summed E-state index contributed by atoms with van der Waals surface area (Å²) >= 11 is 11.9. The number of hydrogen-bond donors (Lipinski definition) is 2. The van der Waals surface area contributed by atoms with E-state index in [1.807, 2.05) is 19.9 Å². The molecule has 0 saturated carbocycles. The highest BCUT2D eigenvalue weighted by molar-refractivity contribution is 6.42. The maximum atomic E-state index is 12.3. The molecule has 1 amide bonds. The number of hydrogen-bond acceptors (Lipinski definition) is 2. The Bertz CT molecular complexity index is 481. The number of nitrogens with one attached hydrogen (secondary N) is 1. The molecule has 0 aliphatic carbocycles. The highest BCUT2D eigenvalue weighted by Gasteiger charge is 2.26. The zero-order chi connectivity index (χ0) is 15.5. The molecule has 1 aromatic rings. The molecule has 112 valence electrons. The number of benzene rings is 1. The summed E-state index contributed by atoms with van der Waals surface area (Å²) in [6.07, 6.45) is 0. The summed E-state index contributed by atoms with van der Waals surface area (Å²) in [6, 6.07) is 5.22. The molecule has 0 radical (unpaired) electrons. The monoisotopic (exact) mass is 317 g/mol. The molecule has 0 fully saturated rings. The summed E-state index contributed by atoms with van der Waals surface area (Å²) in [5.41, 5.74) is -0.114. The zero-order valence-corrected chi connectivity index (χ0v) is 13.7. The van der Waals surface area contributed by atoms with Crippen molar-refractivity contribution in [1.82, 2.24) is 5.32 Å². The first kappa shape index (κ1) is 17.3. The molecule has 3 nitrogen and oxygen atoms in total. The average molecular weight is 318 g/mol. The van der Waals surface area contributed by atoms with Gasteiger partial charge in [0.1, 0.15) is 0 Å². The molecule has 20 heavy (non-hydrogen) atoms. The second kappa shape index (κ2) is 6.79. The van der Waals surface area contributed by atoms with Crippen molar-refractivity contribution in [3.63, 3.8) is 0 Å². The molecule has 0 aromatic heterocycles. The summed E-state index contributed by atoms with van der Waals surface area (Å²) < 4.78 is 0. The van der Waals surface area contributed by atoms with Crippen molar-refractivity contribution >= 4 is 29.1 Å². The number of carbonyl (C=O) groups excluding carboxylic acids is 1. The van der Waals surface area contributed by atoms with Crippen LogP contribution in [0.15, 0.2) is 18.2 Å². The average Bonchev–Trinajstić information content (AvgIpc) is 2.30. The minimum absolute atomic E-state index is 0.106. The molecule has 1 rings (SSSR count). The van der Waals surface area contributed by atoms with Crippen LogP contribution in [0.3, 0.4) is 0 Å². The first-order valence-corrected chi connectivity index (χ1v) is 7.32. The summed E-state index contributed by atoms with van der Waals surface area (Å²) in [5.74, 6) is -0.346. The highest BCUT2D eigenvalue weighted by atomic mass is 35.5. The van der Waals surface area contributed by atoms with Gasteiger partial charge in [0.2, 0.25) is 5.91 Å². The Morgan fingerprint density at radius 3 is 2.35 bits per heavy atom. The maximum Gasteiger partial charge on any atom is 0.227 e. The van der Waals surface area contributed by atoms with Crippen molar-refractivity contribution in [2.75, 3.05) is 6.54 Å². The first-order chi connectivity index (χ1) is 9.11. The maximum absolute atomic E-state index is 12.3. The van der Waals surface area contributed by atoms with Crippen LogP contribution in [0.1, 0.15) is 39.2 Å². The standard InChI is InChI=1S/C15H21Cl2NO2/c1-9(2)13(14(19)18-8-15(3,4)20)10-5-6-11(16)12(17)7-10/h5-7,9,13,20H,8H2,1-4H3,(H,18,19). The van der Waals surface area contributed by atoms with E-state index in [4.69, 9.17) is 23.2 Å². The van der Waals surface area contributed by atoms with E-state index >= 15 is 0 Å². The third-order valence-corrected chi connectivity index (χ3v) is 3.69. The fourth-order valence-corrected chi connectivity index (χ4v) is 2.26. The van der Waals surface area contributed by atoms with E-state index in [0.717, 1.165) is 5.56 Å². The molecule has 0 spiro atoms. The fraction of sp³-hybridized carbons (Fsp3) is 0.533. The second-order valence-electron chi connectivity index (χ2n) is 5.93. The van der Waals surface area contributed by atoms with Crippen molar-refractivity contribution < 1.29 is 9.90 Å². The lowest BCUT2D eigenvalue weighted by Gasteiger charge is -2.24. The number of halogens is 2. The van der Waals surface area contributed by atoms with E-state index in [2.05, 4.69) is 5.32 Å². The van der Waals surface area contributed by atoms with E-state index in [1.165, 1.54) is 0 Å². The van der Waals surface area contributed by atoms with Gasteiger partial charge < -0.3 is 10.4 Å². The van der Waals surface area contributed by atoms with Crippen molar-refractivity contribution in [1.29, 1.82) is 0 Å².